The lowest BCUT2D eigenvalue weighted by molar-refractivity contribution is 0.0526. The van der Waals surface area contributed by atoms with Gasteiger partial charge in [0, 0.05) is 5.56 Å². The van der Waals surface area contributed by atoms with Crippen LogP contribution in [0.4, 0.5) is 0 Å². The molecule has 0 N–H and O–H groups in total. The summed E-state index contributed by atoms with van der Waals surface area (Å²) in [6.45, 7) is 4.01. The molecule has 0 radical (unpaired) electrons. The predicted molar refractivity (Wildman–Crippen MR) is 93.7 cm³/mol. The maximum Gasteiger partial charge on any atom is 0.340 e. The van der Waals surface area contributed by atoms with Crippen molar-refractivity contribution in [3.05, 3.63) is 65.2 Å². The van der Waals surface area contributed by atoms with Gasteiger partial charge in [-0.25, -0.2) is 4.79 Å². The molecule has 0 fully saturated rings. The first kappa shape index (κ1) is 15.4. The minimum absolute atomic E-state index is 0.325. The molecule has 0 amide bonds. The van der Waals surface area contributed by atoms with Crippen LogP contribution >= 0.6 is 11.3 Å². The summed E-state index contributed by atoms with van der Waals surface area (Å²) in [4.78, 5) is 18.1. The zero-order chi connectivity index (χ0) is 16.2. The minimum atomic E-state index is -0.325. The summed E-state index contributed by atoms with van der Waals surface area (Å²) in [6.07, 6.45) is 0. The number of pyridine rings is 1. The van der Waals surface area contributed by atoms with Gasteiger partial charge in [-0.2, -0.15) is 0 Å². The van der Waals surface area contributed by atoms with E-state index in [1.165, 1.54) is 0 Å². The molecule has 4 heteroatoms. The fourth-order valence-electron chi connectivity index (χ4n) is 2.53. The van der Waals surface area contributed by atoms with E-state index in [-0.39, 0.29) is 5.97 Å². The number of aromatic nitrogens is 1. The van der Waals surface area contributed by atoms with Gasteiger partial charge in [-0.1, -0.05) is 36.4 Å². The number of hydrogen-bond donors (Lipinski definition) is 0. The smallest absolute Gasteiger partial charge is 0.340 e. The van der Waals surface area contributed by atoms with Crippen LogP contribution in [0, 0.1) is 6.92 Å². The van der Waals surface area contributed by atoms with Crippen LogP contribution in [0.1, 0.15) is 23.0 Å². The molecule has 116 valence electrons. The van der Waals surface area contributed by atoms with Crippen molar-refractivity contribution in [2.24, 2.45) is 0 Å². The zero-order valence-electron chi connectivity index (χ0n) is 13.1. The maximum atomic E-state index is 12.4. The summed E-state index contributed by atoms with van der Waals surface area (Å²) in [5, 5.41) is 2.02. The van der Waals surface area contributed by atoms with Gasteiger partial charge < -0.3 is 4.74 Å². The van der Waals surface area contributed by atoms with Gasteiger partial charge in [0.25, 0.3) is 0 Å². The first-order chi connectivity index (χ1) is 11.2. The molecule has 0 atom stereocenters. The molecule has 23 heavy (non-hydrogen) atoms. The highest BCUT2D eigenvalue weighted by Gasteiger charge is 2.20. The first-order valence-corrected chi connectivity index (χ1v) is 8.36. The van der Waals surface area contributed by atoms with E-state index in [1.807, 2.05) is 67.8 Å². The summed E-state index contributed by atoms with van der Waals surface area (Å²) in [5.41, 5.74) is 3.95. The molecule has 0 saturated heterocycles. The molecule has 3 aromatic rings. The number of ether oxygens (including phenoxy) is 1. The molecule has 3 rings (SSSR count). The molecule has 0 saturated carbocycles. The zero-order valence-corrected chi connectivity index (χ0v) is 13.9. The molecule has 0 bridgehead atoms. The molecule has 0 unspecified atom stereocenters. The minimum Gasteiger partial charge on any atom is -0.462 e. The Morgan fingerprint density at radius 2 is 1.96 bits per heavy atom. The Kier molecular flexibility index (Phi) is 4.53. The Labute approximate surface area is 139 Å². The third kappa shape index (κ3) is 3.17. The van der Waals surface area contributed by atoms with Gasteiger partial charge in [0.2, 0.25) is 0 Å². The lowest BCUT2D eigenvalue weighted by Gasteiger charge is -2.13. The van der Waals surface area contributed by atoms with Crippen molar-refractivity contribution < 1.29 is 9.53 Å². The van der Waals surface area contributed by atoms with Crippen molar-refractivity contribution in [3.8, 4) is 21.7 Å². The van der Waals surface area contributed by atoms with E-state index in [2.05, 4.69) is 4.98 Å². The predicted octanol–water partition coefficient (Wildman–Crippen LogP) is 4.96. The summed E-state index contributed by atoms with van der Waals surface area (Å²) >= 11 is 1.63. The van der Waals surface area contributed by atoms with Crippen molar-refractivity contribution in [2.45, 2.75) is 13.8 Å². The van der Waals surface area contributed by atoms with Gasteiger partial charge in [0.15, 0.2) is 0 Å². The Bertz CT molecular complexity index is 811. The standard InChI is InChI=1S/C19H17NO2S/c1-3-22-19(21)18-13(2)20-16(17-10-7-11-23-17)12-15(18)14-8-5-4-6-9-14/h4-12H,3H2,1-2H3. The van der Waals surface area contributed by atoms with Gasteiger partial charge in [-0.15, -0.1) is 11.3 Å². The van der Waals surface area contributed by atoms with Crippen molar-refractivity contribution in [2.75, 3.05) is 6.61 Å². The third-order valence-corrected chi connectivity index (χ3v) is 4.43. The fraction of sp³-hybridized carbons (Fsp3) is 0.158. The summed E-state index contributed by atoms with van der Waals surface area (Å²) in [5.74, 6) is -0.325. The van der Waals surface area contributed by atoms with Crippen LogP contribution in [0.15, 0.2) is 53.9 Å². The lowest BCUT2D eigenvalue weighted by Crippen LogP contribution is -2.10. The highest BCUT2D eigenvalue weighted by atomic mass is 32.1. The number of nitrogens with zero attached hydrogens (tertiary/aromatic N) is 1. The number of esters is 1. The summed E-state index contributed by atoms with van der Waals surface area (Å²) in [7, 11) is 0. The van der Waals surface area contributed by atoms with E-state index in [1.54, 1.807) is 11.3 Å². The monoisotopic (exact) mass is 323 g/mol. The topological polar surface area (TPSA) is 39.2 Å². The van der Waals surface area contributed by atoms with Crippen LogP contribution in [0.5, 0.6) is 0 Å². The van der Waals surface area contributed by atoms with Gasteiger partial charge in [0.1, 0.15) is 0 Å². The van der Waals surface area contributed by atoms with Gasteiger partial charge >= 0.3 is 5.97 Å². The summed E-state index contributed by atoms with van der Waals surface area (Å²) in [6, 6.07) is 15.9. The Balaban J connectivity index is 2.21. The molecule has 1 aromatic carbocycles. The van der Waals surface area contributed by atoms with E-state index >= 15 is 0 Å². The third-order valence-electron chi connectivity index (χ3n) is 3.54. The number of thiophene rings is 1. The quantitative estimate of drug-likeness (QED) is 0.637. The SMILES string of the molecule is CCOC(=O)c1c(-c2ccccc2)cc(-c2cccs2)nc1C. The van der Waals surface area contributed by atoms with Gasteiger partial charge in [-0.3, -0.25) is 4.98 Å². The number of benzene rings is 1. The van der Waals surface area contributed by atoms with Crippen LogP contribution in [0.25, 0.3) is 21.7 Å². The lowest BCUT2D eigenvalue weighted by atomic mass is 9.98. The first-order valence-electron chi connectivity index (χ1n) is 7.48. The van der Waals surface area contributed by atoms with E-state index in [0.717, 1.165) is 21.7 Å². The number of aryl methyl sites for hydroxylation is 1. The fourth-order valence-corrected chi connectivity index (χ4v) is 3.22. The van der Waals surface area contributed by atoms with Crippen molar-refractivity contribution in [3.63, 3.8) is 0 Å². The normalized spacial score (nSPS) is 10.5. The number of carbonyl (C=O) groups excluding carboxylic acids is 1. The largest absolute Gasteiger partial charge is 0.462 e. The van der Waals surface area contributed by atoms with Gasteiger partial charge in [0.05, 0.1) is 28.4 Å². The van der Waals surface area contributed by atoms with Crippen LogP contribution in [0.3, 0.4) is 0 Å². The molecule has 0 aliphatic heterocycles. The average molecular weight is 323 g/mol. The van der Waals surface area contributed by atoms with E-state index in [9.17, 15) is 4.79 Å². The molecule has 0 aliphatic rings. The maximum absolute atomic E-state index is 12.4. The number of carbonyl (C=O) groups is 1. The molecule has 2 aromatic heterocycles. The highest BCUT2D eigenvalue weighted by molar-refractivity contribution is 7.13. The van der Waals surface area contributed by atoms with Crippen LogP contribution in [-0.2, 0) is 4.74 Å². The molecule has 0 aliphatic carbocycles. The highest BCUT2D eigenvalue weighted by Crippen LogP contribution is 2.32. The molecular formula is C19H17NO2S. The molecule has 0 spiro atoms. The van der Waals surface area contributed by atoms with Gasteiger partial charge in [-0.05, 0) is 36.9 Å². The Morgan fingerprint density at radius 1 is 1.17 bits per heavy atom. The summed E-state index contributed by atoms with van der Waals surface area (Å²) < 4.78 is 5.23. The molecular weight excluding hydrogens is 306 g/mol. The number of hydrogen-bond acceptors (Lipinski definition) is 4. The van der Waals surface area contributed by atoms with Crippen molar-refractivity contribution in [1.82, 2.24) is 4.98 Å². The van der Waals surface area contributed by atoms with Crippen LogP contribution in [-0.4, -0.2) is 17.6 Å². The Morgan fingerprint density at radius 3 is 2.61 bits per heavy atom. The second-order valence-electron chi connectivity index (χ2n) is 5.08. The van der Waals surface area contributed by atoms with E-state index in [4.69, 9.17) is 4.74 Å². The second kappa shape index (κ2) is 6.75. The molecule has 3 nitrogen and oxygen atoms in total. The van der Waals surface area contributed by atoms with Crippen molar-refractivity contribution in [1.29, 1.82) is 0 Å². The van der Waals surface area contributed by atoms with E-state index in [0.29, 0.717) is 17.9 Å². The Hall–Kier alpha value is -2.46. The van der Waals surface area contributed by atoms with Crippen LogP contribution < -0.4 is 0 Å². The second-order valence-corrected chi connectivity index (χ2v) is 6.03. The molecule has 2 heterocycles. The van der Waals surface area contributed by atoms with E-state index < -0.39 is 0 Å². The van der Waals surface area contributed by atoms with Crippen LogP contribution in [0.2, 0.25) is 0 Å². The number of rotatable bonds is 4. The average Bonchev–Trinajstić information content (AvgIpc) is 3.09. The van der Waals surface area contributed by atoms with Crippen molar-refractivity contribution >= 4 is 17.3 Å².